The number of anilines is 3. The molecule has 0 saturated heterocycles. The molecule has 0 amide bonds. The van der Waals surface area contributed by atoms with Crippen LogP contribution >= 0.6 is 0 Å². The number of hydrogen-bond acceptors (Lipinski definition) is 1. The summed E-state index contributed by atoms with van der Waals surface area (Å²) in [6.45, 7) is 27.0. The maximum Gasteiger partial charge on any atom is 0.0713 e. The van der Waals surface area contributed by atoms with Gasteiger partial charge in [0.15, 0.2) is 0 Å². The van der Waals surface area contributed by atoms with E-state index in [9.17, 15) is 0 Å². The highest BCUT2D eigenvalue weighted by Crippen LogP contribution is 2.56. The van der Waals surface area contributed by atoms with Crippen molar-refractivity contribution >= 4 is 17.1 Å². The molecule has 0 fully saturated rings. The molecule has 8 aromatic carbocycles. The highest BCUT2D eigenvalue weighted by atomic mass is 15.1. The molecule has 9 rings (SSSR count). The number of hydrogen-bond donors (Lipinski definition) is 0. The predicted octanol–water partition coefficient (Wildman–Crippen LogP) is 24.7. The van der Waals surface area contributed by atoms with Gasteiger partial charge in [0, 0.05) is 17.1 Å². The second-order valence-electron chi connectivity index (χ2n) is 25.1. The monoisotopic (exact) mass is 1120 g/mol. The lowest BCUT2D eigenvalue weighted by Gasteiger charge is -2.34. The van der Waals surface area contributed by atoms with Crippen molar-refractivity contribution in [1.29, 1.82) is 0 Å². The minimum absolute atomic E-state index is 0.301. The van der Waals surface area contributed by atoms with Crippen LogP contribution in [0.25, 0.3) is 11.1 Å². The van der Waals surface area contributed by atoms with Crippen LogP contribution in [0.3, 0.4) is 0 Å². The average molecular weight is 1120 g/mol. The molecule has 1 heteroatoms. The smallest absolute Gasteiger partial charge is 0.0713 e. The molecule has 0 spiro atoms. The van der Waals surface area contributed by atoms with Crippen LogP contribution < -0.4 is 4.90 Å². The van der Waals surface area contributed by atoms with Gasteiger partial charge in [0.25, 0.3) is 0 Å². The first-order chi connectivity index (χ1) is 40.8. The van der Waals surface area contributed by atoms with Crippen LogP contribution in [-0.4, -0.2) is 0 Å². The Kier molecular flexibility index (Phi) is 25.8. The van der Waals surface area contributed by atoms with E-state index in [1.54, 1.807) is 11.1 Å². The lowest BCUT2D eigenvalue weighted by molar-refractivity contribution is 0.661. The molecular formula is C83H107N. The van der Waals surface area contributed by atoms with Gasteiger partial charge in [-0.25, -0.2) is 0 Å². The molecule has 1 unspecified atom stereocenters. The Bertz CT molecular complexity index is 3000. The van der Waals surface area contributed by atoms with Crippen molar-refractivity contribution in [3.05, 3.63) is 253 Å². The van der Waals surface area contributed by atoms with E-state index < -0.39 is 0 Å². The number of aryl methyl sites for hydroxylation is 10. The van der Waals surface area contributed by atoms with Crippen LogP contribution in [0.1, 0.15) is 240 Å². The highest BCUT2D eigenvalue weighted by Gasteiger charge is 2.46. The Labute approximate surface area is 512 Å². The summed E-state index contributed by atoms with van der Waals surface area (Å²) in [5, 5.41) is 0. The highest BCUT2D eigenvalue weighted by molar-refractivity contribution is 5.87. The maximum atomic E-state index is 2.45. The fourth-order valence-corrected chi connectivity index (χ4v) is 12.7. The van der Waals surface area contributed by atoms with Crippen molar-refractivity contribution in [2.24, 2.45) is 0 Å². The number of unbranched alkanes of at least 4 members (excludes halogenated alkanes) is 12. The topological polar surface area (TPSA) is 3.24 Å². The van der Waals surface area contributed by atoms with E-state index in [1.165, 1.54) is 235 Å². The minimum Gasteiger partial charge on any atom is -0.311 e. The van der Waals surface area contributed by atoms with E-state index in [1.807, 2.05) is 0 Å². The van der Waals surface area contributed by atoms with E-state index in [0.717, 1.165) is 0 Å². The van der Waals surface area contributed by atoms with Gasteiger partial charge in [0.2, 0.25) is 0 Å². The van der Waals surface area contributed by atoms with Crippen molar-refractivity contribution in [2.45, 2.75) is 229 Å². The van der Waals surface area contributed by atoms with Gasteiger partial charge in [-0.2, -0.15) is 0 Å². The molecule has 0 aromatic heterocycles. The fourth-order valence-electron chi connectivity index (χ4n) is 12.7. The number of benzene rings is 8. The largest absolute Gasteiger partial charge is 0.311 e. The molecule has 84 heavy (non-hydrogen) atoms. The number of rotatable bonds is 27. The SMILES string of the molecule is CCC(C)c1ccc(N(c2ccc(C)cc2)c2ccc(C)cc2)cc1.CCCCCCc1cc(C)c(CCCCCC)cc1C.CCCCCCc1ccc(C2(c3ccc(CCCCCC)cc3)c3cc(C)ccc3-c3ccc(C)cc32)cc1. The Morgan fingerprint density at radius 2 is 0.667 bits per heavy atom. The van der Waals surface area contributed by atoms with Gasteiger partial charge in [0.1, 0.15) is 0 Å². The Morgan fingerprint density at radius 1 is 0.333 bits per heavy atom. The normalized spacial score (nSPS) is 12.4. The lowest BCUT2D eigenvalue weighted by atomic mass is 9.67. The van der Waals surface area contributed by atoms with Crippen molar-refractivity contribution in [3.63, 3.8) is 0 Å². The summed E-state index contributed by atoms with van der Waals surface area (Å²) in [5.41, 5.74) is 27.3. The van der Waals surface area contributed by atoms with Gasteiger partial charge in [0.05, 0.1) is 5.41 Å². The average Bonchev–Trinajstić information content (AvgIpc) is 2.43. The van der Waals surface area contributed by atoms with Gasteiger partial charge in [-0.05, 0) is 214 Å². The predicted molar refractivity (Wildman–Crippen MR) is 370 cm³/mol. The molecule has 0 aliphatic heterocycles. The Hall–Kier alpha value is -6.44. The van der Waals surface area contributed by atoms with E-state index in [2.05, 4.69) is 258 Å². The molecule has 1 aliphatic carbocycles. The minimum atomic E-state index is -0.301. The van der Waals surface area contributed by atoms with Crippen LogP contribution in [0.15, 0.2) is 170 Å². The van der Waals surface area contributed by atoms with Crippen molar-refractivity contribution in [3.8, 4) is 11.1 Å². The molecule has 0 saturated carbocycles. The Morgan fingerprint density at radius 3 is 1.01 bits per heavy atom. The summed E-state index contributed by atoms with van der Waals surface area (Å²) in [5.74, 6) is 0.598. The summed E-state index contributed by atoms with van der Waals surface area (Å²) in [7, 11) is 0. The van der Waals surface area contributed by atoms with E-state index in [4.69, 9.17) is 0 Å². The van der Waals surface area contributed by atoms with Crippen molar-refractivity contribution in [2.75, 3.05) is 4.90 Å². The van der Waals surface area contributed by atoms with Gasteiger partial charge < -0.3 is 4.90 Å². The number of nitrogens with zero attached hydrogens (tertiary/aromatic N) is 1. The van der Waals surface area contributed by atoms with Gasteiger partial charge >= 0.3 is 0 Å². The fraction of sp³-hybridized carbons (Fsp3) is 0.422. The van der Waals surface area contributed by atoms with Crippen LogP contribution in [0.2, 0.25) is 0 Å². The lowest BCUT2D eigenvalue weighted by Crippen LogP contribution is -2.29. The van der Waals surface area contributed by atoms with E-state index in [0.29, 0.717) is 5.92 Å². The molecule has 0 bridgehead atoms. The Balaban J connectivity index is 0.000000194. The summed E-state index contributed by atoms with van der Waals surface area (Å²) in [4.78, 5) is 2.32. The zero-order valence-corrected chi connectivity index (χ0v) is 54.5. The summed E-state index contributed by atoms with van der Waals surface area (Å²) < 4.78 is 0. The first-order valence-corrected chi connectivity index (χ1v) is 33.4. The quantitative estimate of drug-likeness (QED) is 0.0464. The van der Waals surface area contributed by atoms with Crippen LogP contribution in [0.5, 0.6) is 0 Å². The molecule has 0 radical (unpaired) electrons. The zero-order chi connectivity index (χ0) is 59.8. The van der Waals surface area contributed by atoms with Crippen LogP contribution in [-0.2, 0) is 31.1 Å². The zero-order valence-electron chi connectivity index (χ0n) is 54.5. The second kappa shape index (κ2) is 33.3. The van der Waals surface area contributed by atoms with Gasteiger partial charge in [-0.15, -0.1) is 0 Å². The molecule has 444 valence electrons. The molecular weight excluding hydrogens is 1010 g/mol. The summed E-state index contributed by atoms with van der Waals surface area (Å²) in [6, 6.07) is 64.8. The summed E-state index contributed by atoms with van der Waals surface area (Å²) in [6.07, 6.45) is 27.4. The third-order valence-corrected chi connectivity index (χ3v) is 18.2. The standard InChI is InChI=1S/C39H46.C24H27N.C20H34/c1-5-7-9-11-13-31-17-21-33(22-18-31)39(34-23-19-32(20-24-34)14-12-10-8-6-2)37-27-29(3)15-25-35(37)36-26-16-30(4)28-38(36)39;1-5-20(4)21-10-16-24(17-11-21)25(22-12-6-18(2)7-13-22)23-14-8-19(3)9-15-23;1-5-7-9-11-13-19-15-18(4)20(16-17(19)3)14-12-10-8-6-2/h15-28H,5-14H2,1-4H3;6-17,20H,5H2,1-4H3;15-16H,5-14H2,1-4H3. The van der Waals surface area contributed by atoms with Crippen molar-refractivity contribution in [1.82, 2.24) is 0 Å². The molecule has 0 N–H and O–H groups in total. The first kappa shape index (κ1) is 65.1. The molecule has 1 nitrogen and oxygen atoms in total. The van der Waals surface area contributed by atoms with E-state index >= 15 is 0 Å². The molecule has 1 atom stereocenters. The van der Waals surface area contributed by atoms with Crippen LogP contribution in [0, 0.1) is 41.5 Å². The van der Waals surface area contributed by atoms with Crippen molar-refractivity contribution < 1.29 is 0 Å². The van der Waals surface area contributed by atoms with Gasteiger partial charge in [-0.3, -0.25) is 0 Å². The molecule has 0 heterocycles. The van der Waals surface area contributed by atoms with E-state index in [-0.39, 0.29) is 5.41 Å². The summed E-state index contributed by atoms with van der Waals surface area (Å²) >= 11 is 0. The second-order valence-corrected chi connectivity index (χ2v) is 25.1. The third kappa shape index (κ3) is 17.4. The third-order valence-electron chi connectivity index (χ3n) is 18.2. The maximum absolute atomic E-state index is 2.45. The number of fused-ring (bicyclic) bond motifs is 3. The first-order valence-electron chi connectivity index (χ1n) is 33.4. The molecule has 1 aliphatic rings. The van der Waals surface area contributed by atoms with Gasteiger partial charge in [-0.1, -0.05) is 274 Å². The van der Waals surface area contributed by atoms with Crippen LogP contribution in [0.4, 0.5) is 17.1 Å². The molecule has 8 aromatic rings.